The molecule has 0 bridgehead atoms. The Morgan fingerprint density at radius 2 is 1.50 bits per heavy atom. The molecule has 0 saturated carbocycles. The summed E-state index contributed by atoms with van der Waals surface area (Å²) in [5.74, 6) is 0. The van der Waals surface area contributed by atoms with Gasteiger partial charge in [-0.1, -0.05) is 66.7 Å². The van der Waals surface area contributed by atoms with E-state index in [1.54, 1.807) is 11.6 Å². The molecule has 0 fully saturated rings. The molecule has 0 unspecified atom stereocenters. The van der Waals surface area contributed by atoms with E-state index in [0.717, 1.165) is 33.8 Å². The molecule has 0 radical (unpaired) electrons. The maximum Gasteiger partial charge on any atom is 0.414 e. The van der Waals surface area contributed by atoms with Crippen molar-refractivity contribution in [2.45, 2.75) is 13.1 Å². The van der Waals surface area contributed by atoms with Crippen LogP contribution < -0.4 is 27.6 Å². The van der Waals surface area contributed by atoms with Gasteiger partial charge in [-0.15, -0.1) is 0 Å². The predicted molar refractivity (Wildman–Crippen MR) is 130 cm³/mol. The minimum Gasteiger partial charge on any atom is -1.00 e. The lowest BCUT2D eigenvalue weighted by molar-refractivity contribution is -0.656. The fourth-order valence-electron chi connectivity index (χ4n) is 3.22. The summed E-state index contributed by atoms with van der Waals surface area (Å²) < 4.78 is 1.60. The molecule has 0 aliphatic heterocycles. The molecule has 10 heteroatoms. The Morgan fingerprint density at radius 3 is 2.09 bits per heavy atom. The van der Waals surface area contributed by atoms with Gasteiger partial charge in [-0.25, -0.2) is 4.57 Å². The van der Waals surface area contributed by atoms with Crippen LogP contribution >= 0.6 is 11.3 Å². The molecule has 0 spiro atoms. The Morgan fingerprint density at radius 1 is 0.882 bits per heavy atom. The standard InChI is InChI=1S/C24H22N6O2S.ClH/c1-29-17-22(30(31)32)33-24(29)28-27-21-14-8-13-20(25-15-18-9-4-2-5-10-18)23(21)26-16-19-11-6-3-7-12-19;/h2-14,17H,15-16H2,1H3,(H,25,27);1H. The van der Waals surface area contributed by atoms with Crippen molar-refractivity contribution in [2.75, 3.05) is 10.6 Å². The number of halogens is 1. The number of azo groups is 1. The molecular formula is C24H23ClN6O2S. The third-order valence-electron chi connectivity index (χ3n) is 4.91. The molecule has 4 rings (SSSR count). The summed E-state index contributed by atoms with van der Waals surface area (Å²) in [4.78, 5) is 10.6. The second-order valence-electron chi connectivity index (χ2n) is 7.30. The summed E-state index contributed by atoms with van der Waals surface area (Å²) in [5.41, 5.74) is 4.65. The van der Waals surface area contributed by atoms with Crippen LogP contribution in [-0.4, -0.2) is 4.92 Å². The summed E-state index contributed by atoms with van der Waals surface area (Å²) in [6.07, 6.45) is 1.44. The minimum atomic E-state index is -0.426. The van der Waals surface area contributed by atoms with Gasteiger partial charge in [0, 0.05) is 24.4 Å². The highest BCUT2D eigenvalue weighted by Gasteiger charge is 2.21. The van der Waals surface area contributed by atoms with Crippen LogP contribution in [0.25, 0.3) is 0 Å². The maximum atomic E-state index is 11.1. The first-order chi connectivity index (χ1) is 16.1. The molecule has 1 aromatic heterocycles. The number of para-hydroxylation sites is 1. The highest BCUT2D eigenvalue weighted by atomic mass is 35.5. The van der Waals surface area contributed by atoms with Crippen LogP contribution in [0.15, 0.2) is 95.3 Å². The normalized spacial score (nSPS) is 10.6. The van der Waals surface area contributed by atoms with Gasteiger partial charge in [0.2, 0.25) is 0 Å². The Labute approximate surface area is 207 Å². The zero-order chi connectivity index (χ0) is 23.0. The van der Waals surface area contributed by atoms with Gasteiger partial charge in [0.25, 0.3) is 0 Å². The number of nitrogens with one attached hydrogen (secondary N) is 2. The van der Waals surface area contributed by atoms with Crippen LogP contribution in [0.2, 0.25) is 0 Å². The van der Waals surface area contributed by atoms with Gasteiger partial charge < -0.3 is 23.0 Å². The van der Waals surface area contributed by atoms with Crippen LogP contribution in [-0.2, 0) is 20.1 Å². The number of nitrogens with zero attached hydrogens (tertiary/aromatic N) is 4. The van der Waals surface area contributed by atoms with Crippen molar-refractivity contribution in [1.82, 2.24) is 0 Å². The first kappa shape index (κ1) is 24.8. The summed E-state index contributed by atoms with van der Waals surface area (Å²) >= 11 is 0.982. The second-order valence-corrected chi connectivity index (χ2v) is 8.29. The van der Waals surface area contributed by atoms with E-state index in [4.69, 9.17) is 0 Å². The van der Waals surface area contributed by atoms with E-state index in [0.29, 0.717) is 23.9 Å². The van der Waals surface area contributed by atoms with Crippen LogP contribution in [0.1, 0.15) is 11.1 Å². The molecule has 174 valence electrons. The summed E-state index contributed by atoms with van der Waals surface area (Å²) in [7, 11) is 1.71. The average Bonchev–Trinajstić information content (AvgIpc) is 3.22. The van der Waals surface area contributed by atoms with Gasteiger partial charge in [0.15, 0.2) is 6.20 Å². The number of aryl methyl sites for hydroxylation is 1. The van der Waals surface area contributed by atoms with E-state index >= 15 is 0 Å². The third kappa shape index (κ3) is 6.37. The van der Waals surface area contributed by atoms with Crippen LogP contribution in [0.4, 0.5) is 27.2 Å². The van der Waals surface area contributed by atoms with E-state index < -0.39 is 4.92 Å². The van der Waals surface area contributed by atoms with Crippen molar-refractivity contribution in [3.63, 3.8) is 0 Å². The van der Waals surface area contributed by atoms with E-state index in [1.165, 1.54) is 6.20 Å². The zero-order valence-corrected chi connectivity index (χ0v) is 20.0. The lowest BCUT2D eigenvalue weighted by Gasteiger charge is -2.15. The van der Waals surface area contributed by atoms with Gasteiger partial charge in [-0.2, -0.15) is 0 Å². The number of thiazole rings is 1. The maximum absolute atomic E-state index is 11.1. The lowest BCUT2D eigenvalue weighted by Crippen LogP contribution is -3.00. The topological polar surface area (TPSA) is 95.8 Å². The highest BCUT2D eigenvalue weighted by Crippen LogP contribution is 2.35. The minimum absolute atomic E-state index is 0. The number of rotatable bonds is 9. The van der Waals surface area contributed by atoms with E-state index in [9.17, 15) is 10.1 Å². The van der Waals surface area contributed by atoms with Gasteiger partial charge in [-0.05, 0) is 28.4 Å². The SMILES string of the molecule is C[n+]1cc([N+](=O)[O-])sc1N=Nc1cccc(NCc2ccccc2)c1NCc1ccccc1.[Cl-]. The van der Waals surface area contributed by atoms with Crippen molar-refractivity contribution >= 4 is 38.5 Å². The van der Waals surface area contributed by atoms with Gasteiger partial charge in [0.05, 0.1) is 28.5 Å². The third-order valence-corrected chi connectivity index (χ3v) is 5.92. The second kappa shape index (κ2) is 11.9. The van der Waals surface area contributed by atoms with Crippen LogP contribution in [0.5, 0.6) is 0 Å². The van der Waals surface area contributed by atoms with Crippen LogP contribution in [0.3, 0.4) is 0 Å². The quantitative estimate of drug-likeness (QED) is 0.162. The van der Waals surface area contributed by atoms with Gasteiger partial charge >= 0.3 is 10.1 Å². The Hall–Kier alpha value is -3.82. The highest BCUT2D eigenvalue weighted by molar-refractivity contribution is 7.17. The molecule has 4 aromatic rings. The summed E-state index contributed by atoms with van der Waals surface area (Å²) in [5, 5.41) is 27.2. The van der Waals surface area contributed by atoms with Crippen molar-refractivity contribution < 1.29 is 21.9 Å². The molecule has 0 aliphatic carbocycles. The number of anilines is 2. The number of hydrogen-bond acceptors (Lipinski definition) is 7. The first-order valence-corrected chi connectivity index (χ1v) is 11.2. The molecule has 34 heavy (non-hydrogen) atoms. The fourth-order valence-corrected chi connectivity index (χ4v) is 3.97. The van der Waals surface area contributed by atoms with Gasteiger partial charge in [-0.3, -0.25) is 10.1 Å². The fraction of sp³-hybridized carbons (Fsp3) is 0.125. The summed E-state index contributed by atoms with van der Waals surface area (Å²) in [6, 6.07) is 26.0. The molecule has 0 amide bonds. The molecule has 0 saturated heterocycles. The smallest absolute Gasteiger partial charge is 0.414 e. The molecule has 0 atom stereocenters. The van der Waals surface area contributed by atoms with Crippen molar-refractivity contribution in [3.05, 3.63) is 106 Å². The predicted octanol–water partition coefficient (Wildman–Crippen LogP) is 3.12. The number of aromatic nitrogens is 1. The van der Waals surface area contributed by atoms with Crippen molar-refractivity contribution in [2.24, 2.45) is 17.3 Å². The van der Waals surface area contributed by atoms with Crippen molar-refractivity contribution in [3.8, 4) is 0 Å². The summed E-state index contributed by atoms with van der Waals surface area (Å²) in [6.45, 7) is 1.28. The molecule has 3 aromatic carbocycles. The van der Waals surface area contributed by atoms with E-state index in [1.807, 2.05) is 54.6 Å². The molecule has 1 heterocycles. The average molecular weight is 495 g/mol. The molecule has 2 N–H and O–H groups in total. The van der Waals surface area contributed by atoms with Gasteiger partial charge in [0.1, 0.15) is 5.69 Å². The van der Waals surface area contributed by atoms with Crippen molar-refractivity contribution in [1.29, 1.82) is 0 Å². The largest absolute Gasteiger partial charge is 1.00 e. The van der Waals surface area contributed by atoms with Crippen LogP contribution in [0, 0.1) is 10.1 Å². The van der Waals surface area contributed by atoms with E-state index in [-0.39, 0.29) is 17.4 Å². The molecule has 0 aliphatic rings. The Bertz CT molecular complexity index is 1270. The molecular weight excluding hydrogens is 472 g/mol. The van der Waals surface area contributed by atoms with E-state index in [2.05, 4.69) is 45.1 Å². The number of nitro groups is 1. The zero-order valence-electron chi connectivity index (χ0n) is 18.4. The monoisotopic (exact) mass is 494 g/mol. The first-order valence-electron chi connectivity index (χ1n) is 10.3. The Kier molecular flexibility index (Phi) is 8.66. The number of hydrogen-bond donors (Lipinski definition) is 2. The lowest BCUT2D eigenvalue weighted by atomic mass is 10.1. The molecule has 8 nitrogen and oxygen atoms in total. The number of benzene rings is 3. The Balaban J connectivity index is 0.00000324.